The lowest BCUT2D eigenvalue weighted by atomic mass is 10.1. The molecular weight excluding hydrogens is 326 g/mol. The van der Waals surface area contributed by atoms with Crippen LogP contribution in [-0.4, -0.2) is 16.9 Å². The van der Waals surface area contributed by atoms with Crippen LogP contribution in [0, 0.1) is 10.1 Å². The highest BCUT2D eigenvalue weighted by atomic mass is 35.5. The lowest BCUT2D eigenvalue weighted by Crippen LogP contribution is -2.22. The lowest BCUT2D eigenvalue weighted by molar-refractivity contribution is -0.384. The molecule has 1 fully saturated rings. The van der Waals surface area contributed by atoms with Gasteiger partial charge < -0.3 is 9.73 Å². The summed E-state index contributed by atoms with van der Waals surface area (Å²) >= 11 is 6.04. The molecule has 2 heterocycles. The van der Waals surface area contributed by atoms with Crippen molar-refractivity contribution in [2.24, 2.45) is 0 Å². The van der Waals surface area contributed by atoms with E-state index in [4.69, 9.17) is 16.0 Å². The second-order valence-corrected chi connectivity index (χ2v) is 5.00. The van der Waals surface area contributed by atoms with Crippen LogP contribution in [0.5, 0.6) is 0 Å². The molecule has 2 N–H and O–H groups in total. The Kier molecular flexibility index (Phi) is 3.59. The maximum atomic E-state index is 11.4. The van der Waals surface area contributed by atoms with Crippen molar-refractivity contribution in [3.05, 3.63) is 56.9 Å². The number of non-ortho nitro benzene ring substituents is 1. The summed E-state index contributed by atoms with van der Waals surface area (Å²) in [4.78, 5) is 32.8. The summed E-state index contributed by atoms with van der Waals surface area (Å²) < 4.78 is 5.52. The van der Waals surface area contributed by atoms with E-state index in [-0.39, 0.29) is 22.2 Å². The molecule has 0 saturated carbocycles. The number of hydrogen-bond donors (Lipinski definition) is 2. The van der Waals surface area contributed by atoms with Gasteiger partial charge in [0, 0.05) is 23.8 Å². The highest BCUT2D eigenvalue weighted by molar-refractivity contribution is 6.33. The smallest absolute Gasteiger partial charge is 0.326 e. The number of nitro groups is 1. The van der Waals surface area contributed by atoms with Gasteiger partial charge in [-0.1, -0.05) is 11.6 Å². The molecule has 3 amide bonds. The number of nitrogens with zero attached hydrogens (tertiary/aromatic N) is 1. The average Bonchev–Trinajstić information content (AvgIpc) is 3.06. The minimum atomic E-state index is -0.616. The molecule has 0 radical (unpaired) electrons. The van der Waals surface area contributed by atoms with Crippen LogP contribution < -0.4 is 10.6 Å². The number of hydrogen-bond acceptors (Lipinski definition) is 5. The molecule has 1 aliphatic heterocycles. The molecule has 0 aliphatic carbocycles. The van der Waals surface area contributed by atoms with E-state index in [0.29, 0.717) is 11.3 Å². The molecule has 0 spiro atoms. The molecule has 0 atom stereocenters. The van der Waals surface area contributed by atoms with Crippen molar-refractivity contribution in [3.8, 4) is 11.3 Å². The maximum absolute atomic E-state index is 11.4. The Bertz CT molecular complexity index is 871. The number of carbonyl (C=O) groups excluding carboxylic acids is 2. The number of urea groups is 1. The summed E-state index contributed by atoms with van der Waals surface area (Å²) in [6, 6.07) is 6.48. The molecule has 9 heteroatoms. The van der Waals surface area contributed by atoms with Gasteiger partial charge in [-0.2, -0.15) is 0 Å². The Hall–Kier alpha value is -3.13. The van der Waals surface area contributed by atoms with Crippen LogP contribution in [0.4, 0.5) is 10.5 Å². The van der Waals surface area contributed by atoms with Crippen LogP contribution >= 0.6 is 11.6 Å². The van der Waals surface area contributed by atoms with Crippen molar-refractivity contribution < 1.29 is 18.9 Å². The Morgan fingerprint density at radius 1 is 1.17 bits per heavy atom. The van der Waals surface area contributed by atoms with Crippen molar-refractivity contribution in [2.75, 3.05) is 0 Å². The minimum Gasteiger partial charge on any atom is -0.457 e. The molecule has 1 aromatic carbocycles. The summed E-state index contributed by atoms with van der Waals surface area (Å²) in [7, 11) is 0. The van der Waals surface area contributed by atoms with Crippen molar-refractivity contribution in [1.82, 2.24) is 10.6 Å². The van der Waals surface area contributed by atoms with E-state index >= 15 is 0 Å². The van der Waals surface area contributed by atoms with Crippen molar-refractivity contribution >= 4 is 35.3 Å². The van der Waals surface area contributed by atoms with Crippen LogP contribution in [0.2, 0.25) is 5.02 Å². The topological polar surface area (TPSA) is 114 Å². The van der Waals surface area contributed by atoms with Gasteiger partial charge in [-0.15, -0.1) is 0 Å². The number of nitrogens with one attached hydrogen (secondary N) is 2. The minimum absolute atomic E-state index is 0.0426. The van der Waals surface area contributed by atoms with Gasteiger partial charge in [-0.25, -0.2) is 4.79 Å². The van der Waals surface area contributed by atoms with Gasteiger partial charge in [0.15, 0.2) is 0 Å². The van der Waals surface area contributed by atoms with E-state index in [2.05, 4.69) is 10.6 Å². The first-order valence-corrected chi connectivity index (χ1v) is 6.70. The molecule has 116 valence electrons. The molecule has 1 aromatic heterocycles. The van der Waals surface area contributed by atoms with Gasteiger partial charge in [-0.3, -0.25) is 20.2 Å². The maximum Gasteiger partial charge on any atom is 0.326 e. The van der Waals surface area contributed by atoms with Crippen LogP contribution in [0.25, 0.3) is 17.4 Å². The average molecular weight is 334 g/mol. The number of halogens is 1. The zero-order valence-corrected chi connectivity index (χ0v) is 12.1. The second-order valence-electron chi connectivity index (χ2n) is 4.59. The number of benzene rings is 1. The number of nitro benzene ring substituents is 1. The van der Waals surface area contributed by atoms with Gasteiger partial charge in [0.2, 0.25) is 0 Å². The Morgan fingerprint density at radius 2 is 1.96 bits per heavy atom. The van der Waals surface area contributed by atoms with Crippen LogP contribution in [0.3, 0.4) is 0 Å². The fraction of sp³-hybridized carbons (Fsp3) is 0. The highest BCUT2D eigenvalue weighted by Gasteiger charge is 2.23. The number of amides is 3. The zero-order valence-electron chi connectivity index (χ0n) is 11.3. The van der Waals surface area contributed by atoms with E-state index in [9.17, 15) is 19.7 Å². The van der Waals surface area contributed by atoms with Crippen molar-refractivity contribution in [2.45, 2.75) is 0 Å². The number of rotatable bonds is 3. The predicted molar refractivity (Wildman–Crippen MR) is 80.5 cm³/mol. The molecule has 23 heavy (non-hydrogen) atoms. The van der Waals surface area contributed by atoms with E-state index in [1.54, 1.807) is 12.1 Å². The summed E-state index contributed by atoms with van der Waals surface area (Å²) in [6.07, 6.45) is 1.34. The van der Waals surface area contributed by atoms with E-state index < -0.39 is 16.9 Å². The summed E-state index contributed by atoms with van der Waals surface area (Å²) in [5.41, 5.74) is 0.273. The third-order valence-corrected chi connectivity index (χ3v) is 3.39. The first-order valence-electron chi connectivity index (χ1n) is 6.32. The van der Waals surface area contributed by atoms with Crippen molar-refractivity contribution in [3.63, 3.8) is 0 Å². The van der Waals surface area contributed by atoms with Crippen LogP contribution in [0.15, 0.2) is 40.4 Å². The van der Waals surface area contributed by atoms with Crippen LogP contribution in [-0.2, 0) is 4.79 Å². The number of carbonyl (C=O) groups is 2. The molecule has 8 nitrogen and oxygen atoms in total. The summed E-state index contributed by atoms with van der Waals surface area (Å²) in [5.74, 6) is 0.0199. The quantitative estimate of drug-likeness (QED) is 0.388. The zero-order chi connectivity index (χ0) is 16.6. The van der Waals surface area contributed by atoms with Crippen LogP contribution in [0.1, 0.15) is 5.76 Å². The molecular formula is C14H8ClN3O5. The van der Waals surface area contributed by atoms with Gasteiger partial charge in [0.25, 0.3) is 11.6 Å². The van der Waals surface area contributed by atoms with Gasteiger partial charge in [-0.05, 0) is 18.2 Å². The monoisotopic (exact) mass is 333 g/mol. The lowest BCUT2D eigenvalue weighted by Gasteiger charge is -2.00. The molecule has 2 aromatic rings. The number of imide groups is 1. The van der Waals surface area contributed by atoms with E-state index in [0.717, 1.165) is 0 Å². The Labute approximate surface area is 133 Å². The highest BCUT2D eigenvalue weighted by Crippen LogP contribution is 2.33. The van der Waals surface area contributed by atoms with Gasteiger partial charge >= 0.3 is 6.03 Å². The molecule has 1 aliphatic rings. The first kappa shape index (κ1) is 14.8. The van der Waals surface area contributed by atoms with Gasteiger partial charge in [0.05, 0.1) is 9.95 Å². The molecule has 0 unspecified atom stereocenters. The Balaban J connectivity index is 1.95. The number of furan rings is 1. The molecule has 3 rings (SSSR count). The fourth-order valence-electron chi connectivity index (χ4n) is 2.02. The SMILES string of the molecule is O=C1NC(=O)/C(=C/c2ccc(-c3cc([N+](=O)[O-])ccc3Cl)o2)N1. The normalized spacial score (nSPS) is 15.6. The molecule has 1 saturated heterocycles. The largest absolute Gasteiger partial charge is 0.457 e. The Morgan fingerprint density at radius 3 is 2.61 bits per heavy atom. The van der Waals surface area contributed by atoms with Crippen molar-refractivity contribution in [1.29, 1.82) is 0 Å². The summed E-state index contributed by atoms with van der Waals surface area (Å²) in [6.45, 7) is 0. The summed E-state index contributed by atoms with van der Waals surface area (Å²) in [5, 5.41) is 15.5. The first-order chi connectivity index (χ1) is 10.9. The fourth-order valence-corrected chi connectivity index (χ4v) is 2.23. The van der Waals surface area contributed by atoms with E-state index in [1.165, 1.54) is 24.3 Å². The van der Waals surface area contributed by atoms with E-state index in [1.807, 2.05) is 0 Å². The second kappa shape index (κ2) is 5.58. The third kappa shape index (κ3) is 2.92. The molecule has 0 bridgehead atoms. The van der Waals surface area contributed by atoms with Gasteiger partial charge in [0.1, 0.15) is 17.2 Å². The third-order valence-electron chi connectivity index (χ3n) is 3.06. The predicted octanol–water partition coefficient (Wildman–Crippen LogP) is 2.69. The standard InChI is InChI=1S/C14H8ClN3O5/c15-10-3-1-7(18(21)22)5-9(10)12-4-2-8(23-12)6-11-13(19)17-14(20)16-11/h1-6H,(H2,16,17,19,20)/b11-6-.